The highest BCUT2D eigenvalue weighted by Crippen LogP contribution is 2.69. The third-order valence-electron chi connectivity index (χ3n) is 19.7. The second-order valence-electron chi connectivity index (χ2n) is 24.0. The van der Waals surface area contributed by atoms with Gasteiger partial charge >= 0.3 is 11.9 Å². The van der Waals surface area contributed by atoms with E-state index < -0.39 is 170 Å². The molecule has 0 aromatic heterocycles. The van der Waals surface area contributed by atoms with Crippen LogP contribution in [0.1, 0.15) is 110 Å². The zero-order chi connectivity index (χ0) is 57.1. The Bertz CT molecular complexity index is 2260. The Kier molecular flexibility index (Phi) is 18.5. The zero-order valence-electron chi connectivity index (χ0n) is 47.0. The van der Waals surface area contributed by atoms with Crippen molar-refractivity contribution >= 4 is 11.9 Å². The lowest BCUT2D eigenvalue weighted by molar-refractivity contribution is -0.373. The van der Waals surface area contributed by atoms with Gasteiger partial charge in [0.1, 0.15) is 67.1 Å². The van der Waals surface area contributed by atoms with Gasteiger partial charge in [0, 0.05) is 70.2 Å². The lowest BCUT2D eigenvalue weighted by atomic mass is 9.43. The van der Waals surface area contributed by atoms with Gasteiger partial charge in [-0.25, -0.2) is 4.79 Å². The number of fused-ring (bicyclic) bond motifs is 5. The first-order valence-corrected chi connectivity index (χ1v) is 28.2. The van der Waals surface area contributed by atoms with Crippen LogP contribution in [0.25, 0.3) is 0 Å². The highest BCUT2D eigenvalue weighted by atomic mass is 16.8. The normalized spacial score (nSPS) is 49.2. The predicted molar refractivity (Wildman–Crippen MR) is 274 cm³/mol. The molecule has 28 unspecified atom stereocenters. The van der Waals surface area contributed by atoms with E-state index in [0.717, 1.165) is 0 Å². The summed E-state index contributed by atoms with van der Waals surface area (Å²) < 4.78 is 80.2. The number of benzene rings is 1. The van der Waals surface area contributed by atoms with E-state index in [4.69, 9.17) is 61.6 Å². The van der Waals surface area contributed by atoms with Crippen molar-refractivity contribution in [3.8, 4) is 0 Å². The van der Waals surface area contributed by atoms with Crippen LogP contribution in [-0.2, 0) is 66.4 Å². The van der Waals surface area contributed by atoms with Gasteiger partial charge in [-0.2, -0.15) is 0 Å². The molecule has 22 nitrogen and oxygen atoms in total. The summed E-state index contributed by atoms with van der Waals surface area (Å²) in [5.41, 5.74) is -4.04. The highest BCUT2D eigenvalue weighted by molar-refractivity contribution is 5.89. The third-order valence-corrected chi connectivity index (χ3v) is 19.7. The first kappa shape index (κ1) is 60.8. The van der Waals surface area contributed by atoms with Crippen molar-refractivity contribution in [1.29, 1.82) is 0 Å². The smallest absolute Gasteiger partial charge is 0.338 e. The van der Waals surface area contributed by atoms with Crippen molar-refractivity contribution in [3.05, 3.63) is 48.0 Å². The van der Waals surface area contributed by atoms with E-state index in [2.05, 4.69) is 6.92 Å². The molecule has 28 atom stereocenters. The van der Waals surface area contributed by atoms with Crippen LogP contribution in [-0.4, -0.2) is 216 Å². The quantitative estimate of drug-likeness (QED) is 0.0922. The summed E-state index contributed by atoms with van der Waals surface area (Å²) in [7, 11) is 4.49. The van der Waals surface area contributed by atoms with Crippen LogP contribution in [0.5, 0.6) is 0 Å². The van der Waals surface area contributed by atoms with Gasteiger partial charge in [0.2, 0.25) is 0 Å². The fourth-order valence-electron chi connectivity index (χ4n) is 15.2. The first-order valence-electron chi connectivity index (χ1n) is 28.2. The number of esters is 2. The van der Waals surface area contributed by atoms with Gasteiger partial charge in [-0.15, -0.1) is 0 Å². The van der Waals surface area contributed by atoms with Crippen LogP contribution in [0.4, 0.5) is 0 Å². The Hall–Kier alpha value is -2.82. The van der Waals surface area contributed by atoms with Crippen molar-refractivity contribution in [3.63, 3.8) is 0 Å². The Morgan fingerprint density at radius 3 is 1.94 bits per heavy atom. The largest absolute Gasteiger partial charge is 0.463 e. The van der Waals surface area contributed by atoms with E-state index in [-0.39, 0.29) is 30.6 Å². The van der Waals surface area contributed by atoms with Gasteiger partial charge in [-0.3, -0.25) is 4.79 Å². The molecule has 4 aliphatic heterocycles. The van der Waals surface area contributed by atoms with Gasteiger partial charge in [-0.05, 0) is 77.8 Å². The molecule has 79 heavy (non-hydrogen) atoms. The SMILES string of the molecule is COC1CC(OC2CCC3(C)C4CC(OC(=O)c5ccccc5)C5(C)C(C(C)OC(C)=O)CCC5(O)C4C=CC3(O)C2)OC(C)C1OC1CC(OC)C(OC2OC(C)C(OC3OC(CO)C(O)C(O)C3O)C(OC)C2O)C(C)O1. The van der Waals surface area contributed by atoms with Crippen LogP contribution >= 0.6 is 0 Å². The molecule has 0 bridgehead atoms. The number of rotatable bonds is 16. The zero-order valence-corrected chi connectivity index (χ0v) is 47.0. The Morgan fingerprint density at radius 2 is 1.32 bits per heavy atom. The first-order chi connectivity index (χ1) is 37.4. The molecule has 4 aliphatic carbocycles. The molecule has 1 aromatic rings. The molecule has 22 heteroatoms. The predicted octanol–water partition coefficient (Wildman–Crippen LogP) is 2.20. The van der Waals surface area contributed by atoms with E-state index in [9.17, 15) is 45.3 Å². The van der Waals surface area contributed by atoms with Crippen LogP contribution in [0.2, 0.25) is 0 Å². The molecule has 1 aromatic carbocycles. The van der Waals surface area contributed by atoms with E-state index >= 15 is 0 Å². The highest BCUT2D eigenvalue weighted by Gasteiger charge is 2.73. The average molecular weight is 1120 g/mol. The van der Waals surface area contributed by atoms with Gasteiger partial charge in [0.05, 0.1) is 60.0 Å². The molecule has 7 fully saturated rings. The summed E-state index contributed by atoms with van der Waals surface area (Å²) in [5.74, 6) is -1.89. The topological polar surface area (TPSA) is 296 Å². The summed E-state index contributed by atoms with van der Waals surface area (Å²) in [4.78, 5) is 26.1. The lowest BCUT2D eigenvalue weighted by Crippen LogP contribution is -2.70. The number of methoxy groups -OCH3 is 3. The summed E-state index contributed by atoms with van der Waals surface area (Å²) in [6, 6.07) is 8.77. The maximum atomic E-state index is 13.9. The van der Waals surface area contributed by atoms with Crippen LogP contribution in [0, 0.1) is 28.6 Å². The summed E-state index contributed by atoms with van der Waals surface area (Å²) in [6.45, 7) is 11.9. The maximum absolute atomic E-state index is 13.9. The van der Waals surface area contributed by atoms with Gasteiger partial charge in [0.15, 0.2) is 25.2 Å². The number of carbonyl (C=O) groups excluding carboxylic acids is 2. The number of carbonyl (C=O) groups is 2. The van der Waals surface area contributed by atoms with Crippen molar-refractivity contribution in [2.75, 3.05) is 27.9 Å². The number of hydrogen-bond donors (Lipinski definition) is 7. The fraction of sp³-hybridized carbons (Fsp3) is 0.825. The van der Waals surface area contributed by atoms with Gasteiger partial charge < -0.3 is 97.3 Å². The second-order valence-corrected chi connectivity index (χ2v) is 24.0. The van der Waals surface area contributed by atoms with Crippen LogP contribution < -0.4 is 0 Å². The molecule has 7 N–H and O–H groups in total. The monoisotopic (exact) mass is 1120 g/mol. The number of hydrogen-bond acceptors (Lipinski definition) is 22. The molecule has 9 rings (SSSR count). The lowest BCUT2D eigenvalue weighted by Gasteiger charge is -2.65. The van der Waals surface area contributed by atoms with E-state index in [1.165, 1.54) is 21.1 Å². The third kappa shape index (κ3) is 11.1. The van der Waals surface area contributed by atoms with Crippen molar-refractivity contribution in [1.82, 2.24) is 0 Å². The minimum absolute atomic E-state index is 0.218. The molecule has 446 valence electrons. The Labute approximate surface area is 462 Å². The Balaban J connectivity index is 0.821. The number of ether oxygens (including phenoxy) is 13. The molecule has 0 spiro atoms. The van der Waals surface area contributed by atoms with E-state index in [1.54, 1.807) is 45.2 Å². The minimum atomic E-state index is -1.68. The van der Waals surface area contributed by atoms with E-state index in [1.807, 2.05) is 39.0 Å². The van der Waals surface area contributed by atoms with Crippen molar-refractivity contribution < 1.29 is 107 Å². The van der Waals surface area contributed by atoms with Gasteiger partial charge in [-0.1, -0.05) is 44.2 Å². The molecule has 8 aliphatic rings. The van der Waals surface area contributed by atoms with Gasteiger partial charge in [0.25, 0.3) is 0 Å². The molecular weight excluding hydrogens is 1040 g/mol. The summed E-state index contributed by atoms with van der Waals surface area (Å²) >= 11 is 0. The molecular formula is C57H86O22. The van der Waals surface area contributed by atoms with Crippen molar-refractivity contribution in [2.45, 2.75) is 240 Å². The molecule has 0 radical (unpaired) electrons. The average Bonchev–Trinajstić information content (AvgIpc) is 2.73. The minimum Gasteiger partial charge on any atom is -0.463 e. The van der Waals surface area contributed by atoms with E-state index in [0.29, 0.717) is 44.1 Å². The maximum Gasteiger partial charge on any atom is 0.338 e. The fourth-order valence-corrected chi connectivity index (χ4v) is 15.2. The molecule has 3 saturated carbocycles. The van der Waals surface area contributed by atoms with Crippen molar-refractivity contribution in [2.24, 2.45) is 28.6 Å². The number of aliphatic hydroxyl groups is 7. The molecule has 4 saturated heterocycles. The number of aliphatic hydroxyl groups excluding tert-OH is 5. The molecule has 4 heterocycles. The molecule has 0 amide bonds. The van der Waals surface area contributed by atoms with Crippen LogP contribution in [0.15, 0.2) is 42.5 Å². The van der Waals surface area contributed by atoms with Crippen LogP contribution in [0.3, 0.4) is 0 Å². The second kappa shape index (κ2) is 24.0. The summed E-state index contributed by atoms with van der Waals surface area (Å²) in [6.07, 6.45) is -13.0. The Morgan fingerprint density at radius 1 is 0.709 bits per heavy atom. The standard InChI is InChI=1S/C57H86O22/c1-27(70-31(5)59)34-18-21-57(66)35-17-20-56(65)25-33(16-19-54(56,6)36(35)22-40(55(34,57)7)76-51(64)32-14-12-11-13-15-32)74-41-23-37(67-8)47(28(2)71-41)77-42-24-38(68-9)48(29(3)72-42)78-53-46(63)50(69-10)49(30(4)73-53)79-52-45(62)44(61)43(60)39(26-58)75-52/h11-15,17,20,27-30,33-50,52-53,58,60-63,65-66H,16,18-19,21-26H2,1-10H3. The summed E-state index contributed by atoms with van der Waals surface area (Å²) in [5, 5.41) is 78.4.